The Kier molecular flexibility index (Phi) is 22.9. The molecule has 1 aliphatic heterocycles. The Morgan fingerprint density at radius 2 is 1.14 bits per heavy atom. The van der Waals surface area contributed by atoms with Gasteiger partial charge in [-0.3, -0.25) is 34.2 Å². The molecule has 1 aromatic carbocycles. The first-order chi connectivity index (χ1) is 33.7. The van der Waals surface area contributed by atoms with E-state index in [-0.39, 0.29) is 30.9 Å². The summed E-state index contributed by atoms with van der Waals surface area (Å²) in [5.74, 6) is -7.30. The molecule has 7 atom stereocenters. The van der Waals surface area contributed by atoms with Gasteiger partial charge in [0, 0.05) is 25.5 Å². The highest BCUT2D eigenvalue weighted by molar-refractivity contribution is 7.90. The molecule has 10 N–H and O–H groups in total. The first kappa shape index (κ1) is 64.6. The van der Waals surface area contributed by atoms with Crippen LogP contribution in [-0.2, 0) is 59.5 Å². The highest BCUT2D eigenvalue weighted by atomic mass is 32.2. The van der Waals surface area contributed by atoms with Crippen LogP contribution in [0.25, 0.3) is 0 Å². The van der Waals surface area contributed by atoms with Crippen LogP contribution in [0.2, 0.25) is 0 Å². The minimum atomic E-state index is -4.27. The van der Waals surface area contributed by atoms with Crippen molar-refractivity contribution in [1.82, 2.24) is 41.9 Å². The van der Waals surface area contributed by atoms with E-state index >= 15 is 0 Å². The van der Waals surface area contributed by atoms with Crippen LogP contribution in [0, 0.1) is 43.9 Å². The predicted octanol–water partition coefficient (Wildman–Crippen LogP) is 2.91. The van der Waals surface area contributed by atoms with Gasteiger partial charge in [-0.25, -0.2) is 17.9 Å². The summed E-state index contributed by atoms with van der Waals surface area (Å²) >= 11 is 0. The maximum atomic E-state index is 14.2. The number of sulfonamides is 1. The molecule has 0 fully saturated rings. The van der Waals surface area contributed by atoms with Gasteiger partial charge in [-0.15, -0.1) is 0 Å². The van der Waals surface area contributed by atoms with Crippen molar-refractivity contribution in [2.45, 2.75) is 215 Å². The van der Waals surface area contributed by atoms with Crippen molar-refractivity contribution in [3.05, 3.63) is 22.3 Å². The first-order valence-electron chi connectivity index (χ1n) is 25.2. The van der Waals surface area contributed by atoms with E-state index in [0.717, 1.165) is 5.56 Å². The van der Waals surface area contributed by atoms with E-state index in [1.807, 2.05) is 13.8 Å². The maximum Gasteiger partial charge on any atom is 0.328 e. The SMILES string of the molecule is CC(=O)N[C@@H](COC(C)(C)C)C(=O)N[C@H](C(=O)N[C@H](C(=O)N[C@H](C(=O)N[C@@H](CCCNC(=N)NS(=O)(=O)c1c(C)c(C)c2c(c1C)CC(C)(C)O2)C(=O)N[C@H](C(=O)O)[C@@H](C)OC(C)(C)C)C(C)C)C(C)C)C(C)C. The fraction of sp³-hybridized carbons (Fsp3) is 0.725. The molecule has 0 saturated heterocycles. The Bertz CT molecular complexity index is 2340. The number of fused-ring (bicyclic) bond motifs is 1. The molecule has 1 aliphatic rings. The number of carboxylic acids is 1. The zero-order chi connectivity index (χ0) is 57.2. The maximum absolute atomic E-state index is 14.2. The van der Waals surface area contributed by atoms with Gasteiger partial charge in [0.2, 0.25) is 41.4 Å². The number of rotatable bonds is 25. The van der Waals surface area contributed by atoms with Gasteiger partial charge in [0.25, 0.3) is 10.0 Å². The molecule has 22 nitrogen and oxygen atoms in total. The number of guanidine groups is 1. The number of aliphatic carboxylic acids is 1. The zero-order valence-electron chi connectivity index (χ0n) is 47.1. The molecular formula is C51H87N9O13S. The molecule has 6 amide bonds. The number of hydrogen-bond donors (Lipinski definition) is 10. The van der Waals surface area contributed by atoms with E-state index in [1.54, 1.807) is 104 Å². The minimum absolute atomic E-state index is 0.0344. The number of ether oxygens (including phenoxy) is 3. The van der Waals surface area contributed by atoms with Crippen LogP contribution in [-0.4, -0.2) is 133 Å². The normalized spacial score (nSPS) is 16.3. The van der Waals surface area contributed by atoms with E-state index < -0.39 is 134 Å². The molecule has 1 aromatic rings. The van der Waals surface area contributed by atoms with Gasteiger partial charge >= 0.3 is 5.97 Å². The first-order valence-corrected chi connectivity index (χ1v) is 26.7. The molecule has 0 saturated carbocycles. The molecular weight excluding hydrogens is 979 g/mol. The molecule has 2 rings (SSSR count). The molecule has 0 unspecified atom stereocenters. The lowest BCUT2D eigenvalue weighted by molar-refractivity contribution is -0.150. The number of carbonyl (C=O) groups is 7. The predicted molar refractivity (Wildman–Crippen MR) is 280 cm³/mol. The topological polar surface area (TPSA) is 322 Å². The summed E-state index contributed by atoms with van der Waals surface area (Å²) in [5, 5.41) is 37.1. The second-order valence-electron chi connectivity index (χ2n) is 22.8. The number of carbonyl (C=O) groups excluding carboxylic acids is 6. The third kappa shape index (κ3) is 19.3. The van der Waals surface area contributed by atoms with Crippen molar-refractivity contribution in [2.24, 2.45) is 17.8 Å². The van der Waals surface area contributed by atoms with Crippen LogP contribution < -0.4 is 46.7 Å². The monoisotopic (exact) mass is 1070 g/mol. The molecule has 0 aliphatic carbocycles. The summed E-state index contributed by atoms with van der Waals surface area (Å²) in [6, 6.07) is -7.81. The molecule has 74 heavy (non-hydrogen) atoms. The molecule has 420 valence electrons. The van der Waals surface area contributed by atoms with Gasteiger partial charge in [0.15, 0.2) is 6.04 Å². The lowest BCUT2D eigenvalue weighted by atomic mass is 9.94. The third-order valence-corrected chi connectivity index (χ3v) is 13.7. The second kappa shape index (κ2) is 26.3. The van der Waals surface area contributed by atoms with Crippen LogP contribution >= 0.6 is 0 Å². The number of hydrogen-bond acceptors (Lipinski definition) is 13. The van der Waals surface area contributed by atoms with Crippen LogP contribution in [0.5, 0.6) is 5.75 Å². The van der Waals surface area contributed by atoms with Gasteiger partial charge in [-0.2, -0.15) is 0 Å². The lowest BCUT2D eigenvalue weighted by Gasteiger charge is -2.31. The quantitative estimate of drug-likeness (QED) is 0.0383. The highest BCUT2D eigenvalue weighted by Gasteiger charge is 2.39. The van der Waals surface area contributed by atoms with Gasteiger partial charge < -0.3 is 56.5 Å². The highest BCUT2D eigenvalue weighted by Crippen LogP contribution is 2.43. The minimum Gasteiger partial charge on any atom is -0.487 e. The van der Waals surface area contributed by atoms with Gasteiger partial charge in [0.1, 0.15) is 41.6 Å². The Morgan fingerprint density at radius 3 is 1.58 bits per heavy atom. The summed E-state index contributed by atoms with van der Waals surface area (Å²) in [5.41, 5.74) is 0.480. The van der Waals surface area contributed by atoms with Gasteiger partial charge in [-0.1, -0.05) is 41.5 Å². The van der Waals surface area contributed by atoms with Crippen molar-refractivity contribution in [1.29, 1.82) is 5.41 Å². The van der Waals surface area contributed by atoms with Gasteiger partial charge in [0.05, 0.1) is 28.8 Å². The Hall–Kier alpha value is -5.55. The third-order valence-electron chi connectivity index (χ3n) is 12.1. The van der Waals surface area contributed by atoms with E-state index in [0.29, 0.717) is 28.9 Å². The van der Waals surface area contributed by atoms with Crippen molar-refractivity contribution in [3.8, 4) is 5.75 Å². The van der Waals surface area contributed by atoms with E-state index in [9.17, 15) is 47.1 Å². The van der Waals surface area contributed by atoms with Crippen molar-refractivity contribution >= 4 is 57.4 Å². The number of benzene rings is 1. The molecule has 1 heterocycles. The Morgan fingerprint density at radius 1 is 0.676 bits per heavy atom. The molecule has 0 aromatic heterocycles. The Balaban J connectivity index is 2.36. The number of amides is 6. The van der Waals surface area contributed by atoms with E-state index in [4.69, 9.17) is 19.6 Å². The van der Waals surface area contributed by atoms with Crippen LogP contribution in [0.3, 0.4) is 0 Å². The molecule has 0 radical (unpaired) electrons. The van der Waals surface area contributed by atoms with Crippen molar-refractivity contribution < 1.29 is 61.3 Å². The summed E-state index contributed by atoms with van der Waals surface area (Å²) in [4.78, 5) is 94.2. The summed E-state index contributed by atoms with van der Waals surface area (Å²) in [6.07, 6.45) is -0.644. The summed E-state index contributed by atoms with van der Waals surface area (Å²) < 4.78 is 47.6. The van der Waals surface area contributed by atoms with Crippen LogP contribution in [0.1, 0.15) is 146 Å². The van der Waals surface area contributed by atoms with Crippen LogP contribution in [0.4, 0.5) is 0 Å². The fourth-order valence-electron chi connectivity index (χ4n) is 8.28. The average molecular weight is 1070 g/mol. The second-order valence-corrected chi connectivity index (χ2v) is 24.4. The molecule has 0 bridgehead atoms. The number of carboxylic acid groups (broad SMARTS) is 1. The summed E-state index contributed by atoms with van der Waals surface area (Å²) in [6.45, 7) is 32.0. The molecule has 0 spiro atoms. The molecule has 23 heteroatoms. The van der Waals surface area contributed by atoms with Crippen molar-refractivity contribution in [2.75, 3.05) is 13.2 Å². The van der Waals surface area contributed by atoms with Gasteiger partial charge in [-0.05, 0) is 130 Å². The van der Waals surface area contributed by atoms with Crippen LogP contribution in [0.15, 0.2) is 4.90 Å². The fourth-order valence-corrected chi connectivity index (χ4v) is 9.81. The Labute approximate surface area is 438 Å². The van der Waals surface area contributed by atoms with Crippen molar-refractivity contribution in [3.63, 3.8) is 0 Å². The average Bonchev–Trinajstić information content (AvgIpc) is 3.57. The van der Waals surface area contributed by atoms with E-state index in [1.165, 1.54) is 13.8 Å². The number of nitrogens with one attached hydrogen (secondary N) is 9. The standard InChI is InChI=1S/C51H87N9O13S/c1-25(2)36(57-46(66)38(27(5)6)58-45(65)37(26(3)4)56-43(63)35(54-32(11)61)24-71-49(12,13)14)44(64)55-34(42(62)59-39(47(67)68)31(10)72-50(15,16)17)21-20-22-53-48(52)60-74(69,70)41-29(8)28(7)40-33(30(41)9)23-51(18,19)73-40/h25-27,31,34-39H,20-24H2,1-19H3,(H,54,61)(H,55,64)(H,56,63)(H,57,66)(H,58,65)(H,59,62)(H,67,68)(H3,52,53,60)/t31-,34+,35+,36+,37+,38+,39+/m1/s1. The van der Waals surface area contributed by atoms with E-state index in [2.05, 4.69) is 41.9 Å². The summed E-state index contributed by atoms with van der Waals surface area (Å²) in [7, 11) is -4.27. The smallest absolute Gasteiger partial charge is 0.328 e. The zero-order valence-corrected chi connectivity index (χ0v) is 47.9. The lowest BCUT2D eigenvalue weighted by Crippen LogP contribution is -2.62. The largest absolute Gasteiger partial charge is 0.487 e.